The standard InChI is InChI=1S/C12H21NO2/c1-11(2,10(14)15)7-13-8-12(9-13)5-3-4-6-12/h3-9H2,1-2H3,(H,14,15). The summed E-state index contributed by atoms with van der Waals surface area (Å²) in [5.41, 5.74) is -0.0190. The maximum Gasteiger partial charge on any atom is 0.310 e. The molecule has 3 nitrogen and oxygen atoms in total. The first-order chi connectivity index (χ1) is 6.94. The average molecular weight is 211 g/mol. The van der Waals surface area contributed by atoms with Crippen LogP contribution >= 0.6 is 0 Å². The van der Waals surface area contributed by atoms with E-state index in [-0.39, 0.29) is 0 Å². The van der Waals surface area contributed by atoms with Gasteiger partial charge in [0.15, 0.2) is 0 Å². The quantitative estimate of drug-likeness (QED) is 0.776. The number of carboxylic acids is 1. The number of carbonyl (C=O) groups is 1. The maximum absolute atomic E-state index is 11.0. The lowest BCUT2D eigenvalue weighted by molar-refractivity contribution is -0.150. The zero-order valence-corrected chi connectivity index (χ0v) is 9.75. The molecule has 0 aromatic carbocycles. The van der Waals surface area contributed by atoms with Crippen LogP contribution in [0.15, 0.2) is 0 Å². The Hall–Kier alpha value is -0.570. The van der Waals surface area contributed by atoms with Gasteiger partial charge in [-0.15, -0.1) is 0 Å². The second-order valence-corrected chi connectivity index (χ2v) is 6.04. The molecule has 15 heavy (non-hydrogen) atoms. The molecule has 0 radical (unpaired) electrons. The molecular weight excluding hydrogens is 190 g/mol. The Morgan fingerprint density at radius 1 is 1.33 bits per heavy atom. The lowest BCUT2D eigenvalue weighted by Gasteiger charge is -2.50. The van der Waals surface area contributed by atoms with E-state index in [4.69, 9.17) is 5.11 Å². The number of hydrogen-bond acceptors (Lipinski definition) is 2. The van der Waals surface area contributed by atoms with Crippen molar-refractivity contribution < 1.29 is 9.90 Å². The van der Waals surface area contributed by atoms with E-state index >= 15 is 0 Å². The van der Waals surface area contributed by atoms with Crippen molar-refractivity contribution in [1.29, 1.82) is 0 Å². The number of hydrogen-bond donors (Lipinski definition) is 1. The highest BCUT2D eigenvalue weighted by Crippen LogP contribution is 2.46. The predicted octanol–water partition coefficient (Wildman–Crippen LogP) is 1.97. The van der Waals surface area contributed by atoms with Gasteiger partial charge in [0.05, 0.1) is 5.41 Å². The van der Waals surface area contributed by atoms with Crippen molar-refractivity contribution >= 4 is 5.97 Å². The van der Waals surface area contributed by atoms with Gasteiger partial charge in [0.2, 0.25) is 0 Å². The summed E-state index contributed by atoms with van der Waals surface area (Å²) in [4.78, 5) is 13.3. The number of aliphatic carboxylic acids is 1. The summed E-state index contributed by atoms with van der Waals surface area (Å²) in [6.07, 6.45) is 5.46. The maximum atomic E-state index is 11.0. The average Bonchev–Trinajstić information content (AvgIpc) is 2.51. The van der Waals surface area contributed by atoms with E-state index in [2.05, 4.69) is 4.90 Å². The van der Waals surface area contributed by atoms with Gasteiger partial charge in [-0.3, -0.25) is 4.79 Å². The van der Waals surface area contributed by atoms with E-state index in [1.807, 2.05) is 13.8 Å². The van der Waals surface area contributed by atoms with Crippen LogP contribution in [0.4, 0.5) is 0 Å². The normalized spacial score (nSPS) is 25.5. The Bertz CT molecular complexity index is 259. The van der Waals surface area contributed by atoms with Crippen LogP contribution in [-0.2, 0) is 4.79 Å². The Kier molecular flexibility index (Phi) is 2.53. The van der Waals surface area contributed by atoms with Crippen molar-refractivity contribution in [1.82, 2.24) is 4.90 Å². The molecule has 0 unspecified atom stereocenters. The first kappa shape index (κ1) is 10.9. The highest BCUT2D eigenvalue weighted by molar-refractivity contribution is 5.73. The lowest BCUT2D eigenvalue weighted by Crippen LogP contribution is -2.57. The van der Waals surface area contributed by atoms with Crippen molar-refractivity contribution in [3.05, 3.63) is 0 Å². The van der Waals surface area contributed by atoms with Crippen molar-refractivity contribution in [3.8, 4) is 0 Å². The Balaban J connectivity index is 1.82. The second kappa shape index (κ2) is 3.48. The zero-order valence-electron chi connectivity index (χ0n) is 9.75. The topological polar surface area (TPSA) is 40.5 Å². The van der Waals surface area contributed by atoms with Crippen LogP contribution < -0.4 is 0 Å². The fourth-order valence-electron chi connectivity index (χ4n) is 3.08. The number of carboxylic acid groups (broad SMARTS) is 1. The molecular formula is C12H21NO2. The Morgan fingerprint density at radius 2 is 1.87 bits per heavy atom. The van der Waals surface area contributed by atoms with Crippen molar-refractivity contribution in [2.75, 3.05) is 19.6 Å². The summed E-state index contributed by atoms with van der Waals surface area (Å²) >= 11 is 0. The molecule has 1 aliphatic heterocycles. The molecule has 2 fully saturated rings. The third-order valence-electron chi connectivity index (χ3n) is 3.98. The Labute approximate surface area is 91.5 Å². The lowest BCUT2D eigenvalue weighted by atomic mass is 9.77. The molecule has 1 N–H and O–H groups in total. The first-order valence-corrected chi connectivity index (χ1v) is 5.89. The van der Waals surface area contributed by atoms with Gasteiger partial charge in [0, 0.05) is 19.6 Å². The fraction of sp³-hybridized carbons (Fsp3) is 0.917. The zero-order chi connectivity index (χ0) is 11.1. The van der Waals surface area contributed by atoms with E-state index in [9.17, 15) is 4.79 Å². The van der Waals surface area contributed by atoms with Crippen molar-refractivity contribution in [2.24, 2.45) is 10.8 Å². The van der Waals surface area contributed by atoms with Gasteiger partial charge in [-0.1, -0.05) is 12.8 Å². The largest absolute Gasteiger partial charge is 0.481 e. The molecule has 1 spiro atoms. The van der Waals surface area contributed by atoms with Crippen LogP contribution in [0, 0.1) is 10.8 Å². The third-order valence-corrected chi connectivity index (χ3v) is 3.98. The van der Waals surface area contributed by atoms with Crippen LogP contribution in [0.1, 0.15) is 39.5 Å². The highest BCUT2D eigenvalue weighted by atomic mass is 16.4. The van der Waals surface area contributed by atoms with Crippen LogP contribution in [0.25, 0.3) is 0 Å². The van der Waals surface area contributed by atoms with Gasteiger partial charge in [-0.25, -0.2) is 0 Å². The minimum Gasteiger partial charge on any atom is -0.481 e. The molecule has 2 aliphatic rings. The second-order valence-electron chi connectivity index (χ2n) is 6.04. The molecule has 1 heterocycles. The Morgan fingerprint density at radius 3 is 2.33 bits per heavy atom. The molecule has 2 rings (SSSR count). The molecule has 0 aromatic rings. The smallest absolute Gasteiger partial charge is 0.310 e. The number of rotatable bonds is 3. The summed E-state index contributed by atoms with van der Waals surface area (Å²) in [5.74, 6) is -0.685. The number of likely N-dealkylation sites (tertiary alicyclic amines) is 1. The van der Waals surface area contributed by atoms with E-state index in [1.165, 1.54) is 25.7 Å². The summed E-state index contributed by atoms with van der Waals surface area (Å²) < 4.78 is 0. The minimum absolute atomic E-state index is 0.578. The fourth-order valence-corrected chi connectivity index (χ4v) is 3.08. The van der Waals surface area contributed by atoms with Gasteiger partial charge in [-0.2, -0.15) is 0 Å². The third kappa shape index (κ3) is 2.03. The van der Waals surface area contributed by atoms with Gasteiger partial charge in [0.1, 0.15) is 0 Å². The molecule has 0 aromatic heterocycles. The van der Waals surface area contributed by atoms with E-state index in [0.29, 0.717) is 12.0 Å². The van der Waals surface area contributed by atoms with Crippen LogP contribution in [0.5, 0.6) is 0 Å². The minimum atomic E-state index is -0.685. The summed E-state index contributed by atoms with van der Waals surface area (Å²) in [6.45, 7) is 6.58. The molecule has 86 valence electrons. The molecule has 3 heteroatoms. The summed E-state index contributed by atoms with van der Waals surface area (Å²) in [7, 11) is 0. The van der Waals surface area contributed by atoms with Crippen LogP contribution in [0.3, 0.4) is 0 Å². The summed E-state index contributed by atoms with van der Waals surface area (Å²) in [5, 5.41) is 9.04. The van der Waals surface area contributed by atoms with E-state index in [0.717, 1.165) is 13.1 Å². The molecule has 1 aliphatic carbocycles. The molecule has 0 amide bonds. The summed E-state index contributed by atoms with van der Waals surface area (Å²) in [6, 6.07) is 0. The molecule has 0 atom stereocenters. The monoisotopic (exact) mass is 211 g/mol. The van der Waals surface area contributed by atoms with Gasteiger partial charge in [-0.05, 0) is 32.1 Å². The van der Waals surface area contributed by atoms with E-state index < -0.39 is 11.4 Å². The molecule has 1 saturated carbocycles. The molecule has 0 bridgehead atoms. The van der Waals surface area contributed by atoms with E-state index in [1.54, 1.807) is 0 Å². The molecule has 1 saturated heterocycles. The van der Waals surface area contributed by atoms with Gasteiger partial charge < -0.3 is 10.0 Å². The van der Waals surface area contributed by atoms with Crippen LogP contribution in [0.2, 0.25) is 0 Å². The number of nitrogens with zero attached hydrogens (tertiary/aromatic N) is 1. The SMILES string of the molecule is CC(C)(CN1CC2(CCCC2)C1)C(=O)O. The van der Waals surface area contributed by atoms with Gasteiger partial charge in [0.25, 0.3) is 0 Å². The van der Waals surface area contributed by atoms with Gasteiger partial charge >= 0.3 is 5.97 Å². The van der Waals surface area contributed by atoms with Crippen LogP contribution in [-0.4, -0.2) is 35.6 Å². The van der Waals surface area contributed by atoms with Crippen molar-refractivity contribution in [2.45, 2.75) is 39.5 Å². The highest BCUT2D eigenvalue weighted by Gasteiger charge is 2.46. The van der Waals surface area contributed by atoms with Crippen molar-refractivity contribution in [3.63, 3.8) is 0 Å². The first-order valence-electron chi connectivity index (χ1n) is 5.89. The predicted molar refractivity (Wildman–Crippen MR) is 58.8 cm³/mol.